The zero-order valence-corrected chi connectivity index (χ0v) is 21.2. The Morgan fingerprint density at radius 3 is 2.44 bits per heavy atom. The Morgan fingerprint density at radius 2 is 1.76 bits per heavy atom. The maximum atomic E-state index is 13.2. The first-order valence-electron chi connectivity index (χ1n) is 12.7. The third kappa shape index (κ3) is 6.39. The average molecular weight is 476 g/mol. The third-order valence-corrected chi connectivity index (χ3v) is 7.07. The molecule has 2 aliphatic rings. The number of hydrogen-bond acceptors (Lipinski definition) is 6. The number of hydrogen-bond donors (Lipinski definition) is 2. The number of aryl methyl sites for hydroxylation is 1. The Bertz CT molecular complexity index is 860. The SMILES string of the molecule is CCOC(=O)c1c(C)[nH]c(C(=O)N2CCC[C@@H](C(=O)NCCCN3CCN(CC)CC3)C2)c1C. The number of carbonyl (C=O) groups is 3. The summed E-state index contributed by atoms with van der Waals surface area (Å²) in [5, 5.41) is 3.08. The van der Waals surface area contributed by atoms with Crippen LogP contribution in [0.3, 0.4) is 0 Å². The van der Waals surface area contributed by atoms with Crippen LogP contribution < -0.4 is 5.32 Å². The Hall–Kier alpha value is -2.39. The summed E-state index contributed by atoms with van der Waals surface area (Å²) in [4.78, 5) is 48.0. The molecule has 9 nitrogen and oxygen atoms in total. The summed E-state index contributed by atoms with van der Waals surface area (Å²) in [6, 6.07) is 0. The highest BCUT2D eigenvalue weighted by molar-refractivity contribution is 6.00. The van der Waals surface area contributed by atoms with Crippen LogP contribution in [0.4, 0.5) is 0 Å². The summed E-state index contributed by atoms with van der Waals surface area (Å²) in [6.07, 6.45) is 2.51. The first kappa shape index (κ1) is 26.2. The fraction of sp³-hybridized carbons (Fsp3) is 0.720. The average Bonchev–Trinajstić information content (AvgIpc) is 3.15. The lowest BCUT2D eigenvalue weighted by atomic mass is 9.96. The molecule has 2 fully saturated rings. The van der Waals surface area contributed by atoms with Gasteiger partial charge in [0.1, 0.15) is 5.69 Å². The van der Waals surface area contributed by atoms with Crippen molar-refractivity contribution in [2.24, 2.45) is 5.92 Å². The maximum Gasteiger partial charge on any atom is 0.340 e. The Labute approximate surface area is 203 Å². The van der Waals surface area contributed by atoms with Gasteiger partial charge in [-0.05, 0) is 58.7 Å². The summed E-state index contributed by atoms with van der Waals surface area (Å²) in [6.45, 7) is 16.0. The quantitative estimate of drug-likeness (QED) is 0.418. The van der Waals surface area contributed by atoms with E-state index in [-0.39, 0.29) is 24.3 Å². The molecule has 0 bridgehead atoms. The number of ether oxygens (including phenoxy) is 1. The molecular formula is C25H41N5O4. The Balaban J connectivity index is 1.48. The number of rotatable bonds is 9. The standard InChI is InChI=1S/C25H41N5O4/c1-5-28-13-15-29(16-14-28)11-8-10-26-23(31)20-9-7-12-30(17-20)24(32)22-18(3)21(19(4)27-22)25(33)34-6-2/h20,27H,5-17H2,1-4H3,(H,26,31)/t20-/m1/s1. The molecule has 2 amide bonds. The van der Waals surface area contributed by atoms with E-state index in [1.165, 1.54) is 0 Å². The van der Waals surface area contributed by atoms with E-state index in [0.29, 0.717) is 42.1 Å². The van der Waals surface area contributed by atoms with E-state index in [1.54, 1.807) is 25.7 Å². The van der Waals surface area contributed by atoms with E-state index in [0.717, 1.165) is 58.5 Å². The van der Waals surface area contributed by atoms with Gasteiger partial charge in [-0.1, -0.05) is 6.92 Å². The van der Waals surface area contributed by atoms with Crippen molar-refractivity contribution in [3.63, 3.8) is 0 Å². The molecule has 3 heterocycles. The maximum absolute atomic E-state index is 13.2. The summed E-state index contributed by atoms with van der Waals surface area (Å²) >= 11 is 0. The van der Waals surface area contributed by atoms with Gasteiger partial charge in [0, 0.05) is 51.5 Å². The normalized spacial score (nSPS) is 19.8. The molecule has 0 aliphatic carbocycles. The zero-order chi connectivity index (χ0) is 24.7. The molecule has 1 atom stereocenters. The van der Waals surface area contributed by atoms with Crippen molar-refractivity contribution in [1.82, 2.24) is 25.0 Å². The number of likely N-dealkylation sites (tertiary alicyclic amines) is 1. The number of nitrogens with zero attached hydrogens (tertiary/aromatic N) is 3. The molecule has 1 aromatic rings. The number of nitrogens with one attached hydrogen (secondary N) is 2. The highest BCUT2D eigenvalue weighted by Gasteiger charge is 2.31. The second-order valence-corrected chi connectivity index (χ2v) is 9.36. The molecule has 0 saturated carbocycles. The molecule has 0 radical (unpaired) electrons. The van der Waals surface area contributed by atoms with Gasteiger partial charge in [0.2, 0.25) is 5.91 Å². The second kappa shape index (κ2) is 12.4. The van der Waals surface area contributed by atoms with E-state index in [2.05, 4.69) is 27.0 Å². The van der Waals surface area contributed by atoms with Crippen LogP contribution in [0.2, 0.25) is 0 Å². The van der Waals surface area contributed by atoms with Crippen molar-refractivity contribution in [2.75, 3.05) is 65.5 Å². The minimum absolute atomic E-state index is 0.0277. The van der Waals surface area contributed by atoms with Crippen LogP contribution in [0.5, 0.6) is 0 Å². The van der Waals surface area contributed by atoms with Crippen LogP contribution in [0.15, 0.2) is 0 Å². The van der Waals surface area contributed by atoms with Gasteiger partial charge >= 0.3 is 5.97 Å². The van der Waals surface area contributed by atoms with Gasteiger partial charge in [-0.15, -0.1) is 0 Å². The van der Waals surface area contributed by atoms with Crippen LogP contribution in [0.25, 0.3) is 0 Å². The van der Waals surface area contributed by atoms with Crippen molar-refractivity contribution in [3.8, 4) is 0 Å². The van der Waals surface area contributed by atoms with Gasteiger partial charge in [0.05, 0.1) is 18.1 Å². The number of likely N-dealkylation sites (N-methyl/N-ethyl adjacent to an activating group) is 1. The third-order valence-electron chi connectivity index (χ3n) is 7.07. The van der Waals surface area contributed by atoms with Gasteiger partial charge in [-0.2, -0.15) is 0 Å². The first-order chi connectivity index (χ1) is 16.3. The number of H-pyrrole nitrogens is 1. The predicted molar refractivity (Wildman–Crippen MR) is 131 cm³/mol. The first-order valence-corrected chi connectivity index (χ1v) is 12.7. The summed E-state index contributed by atoms with van der Waals surface area (Å²) < 4.78 is 5.13. The molecule has 34 heavy (non-hydrogen) atoms. The predicted octanol–water partition coefficient (Wildman–Crippen LogP) is 1.80. The van der Waals surface area contributed by atoms with Crippen molar-refractivity contribution >= 4 is 17.8 Å². The molecule has 1 aromatic heterocycles. The number of aromatic nitrogens is 1. The van der Waals surface area contributed by atoms with Gasteiger partial charge in [0.25, 0.3) is 5.91 Å². The summed E-state index contributed by atoms with van der Waals surface area (Å²) in [7, 11) is 0. The largest absolute Gasteiger partial charge is 0.462 e. The second-order valence-electron chi connectivity index (χ2n) is 9.36. The lowest BCUT2D eigenvalue weighted by molar-refractivity contribution is -0.126. The fourth-order valence-electron chi connectivity index (χ4n) is 4.99. The Kier molecular flexibility index (Phi) is 9.53. The summed E-state index contributed by atoms with van der Waals surface area (Å²) in [5.74, 6) is -0.762. The van der Waals surface area contributed by atoms with E-state index in [9.17, 15) is 14.4 Å². The fourth-order valence-corrected chi connectivity index (χ4v) is 4.99. The van der Waals surface area contributed by atoms with E-state index >= 15 is 0 Å². The van der Waals surface area contributed by atoms with Crippen LogP contribution >= 0.6 is 0 Å². The van der Waals surface area contributed by atoms with Gasteiger partial charge in [-0.3, -0.25) is 9.59 Å². The number of piperidine rings is 1. The molecule has 190 valence electrons. The van der Waals surface area contributed by atoms with Gasteiger partial charge in [-0.25, -0.2) is 4.79 Å². The molecule has 2 aliphatic heterocycles. The number of piperazine rings is 1. The van der Waals surface area contributed by atoms with Crippen molar-refractivity contribution < 1.29 is 19.1 Å². The topological polar surface area (TPSA) is 98.0 Å². The molecule has 3 rings (SSSR count). The van der Waals surface area contributed by atoms with Crippen LogP contribution in [-0.4, -0.2) is 103 Å². The smallest absolute Gasteiger partial charge is 0.340 e. The monoisotopic (exact) mass is 475 g/mol. The number of amides is 2. The molecule has 2 saturated heterocycles. The van der Waals surface area contributed by atoms with Crippen molar-refractivity contribution in [1.29, 1.82) is 0 Å². The van der Waals surface area contributed by atoms with Crippen LogP contribution in [0.1, 0.15) is 65.2 Å². The van der Waals surface area contributed by atoms with Gasteiger partial charge in [0.15, 0.2) is 0 Å². The number of esters is 1. The summed E-state index contributed by atoms with van der Waals surface area (Å²) in [5.41, 5.74) is 2.06. The zero-order valence-electron chi connectivity index (χ0n) is 21.2. The molecule has 2 N–H and O–H groups in total. The Morgan fingerprint density at radius 1 is 1.06 bits per heavy atom. The highest BCUT2D eigenvalue weighted by Crippen LogP contribution is 2.23. The minimum atomic E-state index is -0.420. The molecule has 0 aromatic carbocycles. The van der Waals surface area contributed by atoms with E-state index in [4.69, 9.17) is 4.74 Å². The van der Waals surface area contributed by atoms with E-state index in [1.807, 2.05) is 0 Å². The lowest BCUT2D eigenvalue weighted by Crippen LogP contribution is -2.47. The molecule has 9 heteroatoms. The highest BCUT2D eigenvalue weighted by atomic mass is 16.5. The van der Waals surface area contributed by atoms with Crippen molar-refractivity contribution in [2.45, 2.75) is 47.0 Å². The molecular weight excluding hydrogens is 434 g/mol. The lowest BCUT2D eigenvalue weighted by Gasteiger charge is -2.34. The molecule has 0 unspecified atom stereocenters. The van der Waals surface area contributed by atoms with Gasteiger partial charge < -0.3 is 29.7 Å². The van der Waals surface area contributed by atoms with Crippen LogP contribution in [-0.2, 0) is 9.53 Å². The number of carbonyl (C=O) groups excluding carboxylic acids is 3. The van der Waals surface area contributed by atoms with Crippen molar-refractivity contribution in [3.05, 3.63) is 22.5 Å². The van der Waals surface area contributed by atoms with E-state index < -0.39 is 5.97 Å². The van der Waals surface area contributed by atoms with Crippen LogP contribution in [0, 0.1) is 19.8 Å². The minimum Gasteiger partial charge on any atom is -0.462 e. The molecule has 0 spiro atoms. The number of aromatic amines is 1.